The standard InChI is InChI=1S/C12H16FNO/c1-7-2-5-9(12(15)11(7)13)10(14)6-8-3-4-8/h2,5,8,10,15H,3-4,6,14H2,1H3/t10-/m0/s1. The van der Waals surface area contributed by atoms with Gasteiger partial charge >= 0.3 is 0 Å². The fourth-order valence-corrected chi connectivity index (χ4v) is 1.82. The lowest BCUT2D eigenvalue weighted by molar-refractivity contribution is 0.414. The maximum absolute atomic E-state index is 13.4. The van der Waals surface area contributed by atoms with Crippen LogP contribution in [0.25, 0.3) is 0 Å². The Hall–Kier alpha value is -1.09. The first-order valence-corrected chi connectivity index (χ1v) is 5.33. The van der Waals surface area contributed by atoms with Crippen LogP contribution in [0.3, 0.4) is 0 Å². The minimum atomic E-state index is -0.543. The topological polar surface area (TPSA) is 46.2 Å². The quantitative estimate of drug-likeness (QED) is 0.803. The Bertz CT molecular complexity index is 374. The van der Waals surface area contributed by atoms with Gasteiger partial charge in [0.25, 0.3) is 0 Å². The van der Waals surface area contributed by atoms with Crippen molar-refractivity contribution in [3.05, 3.63) is 29.1 Å². The molecule has 1 aliphatic rings. The van der Waals surface area contributed by atoms with Crippen LogP contribution >= 0.6 is 0 Å². The summed E-state index contributed by atoms with van der Waals surface area (Å²) < 4.78 is 13.4. The lowest BCUT2D eigenvalue weighted by atomic mass is 9.99. The third kappa shape index (κ3) is 2.12. The van der Waals surface area contributed by atoms with Crippen molar-refractivity contribution in [1.82, 2.24) is 0 Å². The Morgan fingerprint density at radius 1 is 1.53 bits per heavy atom. The molecule has 0 bridgehead atoms. The molecule has 0 amide bonds. The predicted octanol–water partition coefficient (Wildman–Crippen LogP) is 2.64. The SMILES string of the molecule is Cc1ccc([C@@H](N)CC2CC2)c(O)c1F. The first-order chi connectivity index (χ1) is 7.09. The molecule has 0 saturated heterocycles. The molecule has 1 atom stereocenters. The van der Waals surface area contributed by atoms with Gasteiger partial charge in [0, 0.05) is 11.6 Å². The van der Waals surface area contributed by atoms with Gasteiger partial charge in [0.2, 0.25) is 0 Å². The maximum Gasteiger partial charge on any atom is 0.168 e. The van der Waals surface area contributed by atoms with E-state index in [0.29, 0.717) is 17.0 Å². The van der Waals surface area contributed by atoms with E-state index in [-0.39, 0.29) is 11.8 Å². The summed E-state index contributed by atoms with van der Waals surface area (Å²) in [4.78, 5) is 0. The van der Waals surface area contributed by atoms with Gasteiger partial charge in [0.05, 0.1) is 0 Å². The number of phenolic OH excluding ortho intramolecular Hbond substituents is 1. The molecule has 0 heterocycles. The van der Waals surface area contributed by atoms with Crippen LogP contribution in [0.15, 0.2) is 12.1 Å². The van der Waals surface area contributed by atoms with Crippen molar-refractivity contribution in [3.8, 4) is 5.75 Å². The second kappa shape index (κ2) is 3.81. The van der Waals surface area contributed by atoms with Crippen molar-refractivity contribution in [2.45, 2.75) is 32.2 Å². The molecule has 3 heteroatoms. The molecular formula is C12H16FNO. The van der Waals surface area contributed by atoms with Crippen LogP contribution in [0.1, 0.15) is 36.4 Å². The Labute approximate surface area is 88.9 Å². The van der Waals surface area contributed by atoms with E-state index in [1.54, 1.807) is 19.1 Å². The van der Waals surface area contributed by atoms with E-state index in [4.69, 9.17) is 5.73 Å². The Balaban J connectivity index is 2.22. The van der Waals surface area contributed by atoms with E-state index in [1.807, 2.05) is 0 Å². The number of hydrogen-bond donors (Lipinski definition) is 2. The molecule has 0 spiro atoms. The number of rotatable bonds is 3. The second-order valence-electron chi connectivity index (χ2n) is 4.42. The Morgan fingerprint density at radius 2 is 2.20 bits per heavy atom. The third-order valence-electron chi connectivity index (χ3n) is 3.02. The van der Waals surface area contributed by atoms with E-state index in [0.717, 1.165) is 6.42 Å². The molecule has 0 unspecified atom stereocenters. The molecule has 1 fully saturated rings. The van der Waals surface area contributed by atoms with Gasteiger partial charge in [-0.15, -0.1) is 0 Å². The van der Waals surface area contributed by atoms with E-state index >= 15 is 0 Å². The largest absolute Gasteiger partial charge is 0.505 e. The zero-order valence-electron chi connectivity index (χ0n) is 8.83. The molecule has 2 nitrogen and oxygen atoms in total. The highest BCUT2D eigenvalue weighted by Gasteiger charge is 2.26. The molecule has 0 aromatic heterocycles. The molecule has 0 aliphatic heterocycles. The smallest absolute Gasteiger partial charge is 0.168 e. The average Bonchev–Trinajstić information content (AvgIpc) is 2.98. The number of benzene rings is 1. The first-order valence-electron chi connectivity index (χ1n) is 5.33. The number of hydrogen-bond acceptors (Lipinski definition) is 2. The van der Waals surface area contributed by atoms with Gasteiger partial charge in [-0.3, -0.25) is 0 Å². The van der Waals surface area contributed by atoms with Crippen molar-refractivity contribution >= 4 is 0 Å². The van der Waals surface area contributed by atoms with Gasteiger partial charge in [-0.05, 0) is 24.8 Å². The average molecular weight is 209 g/mol. The predicted molar refractivity (Wildman–Crippen MR) is 57.1 cm³/mol. The molecule has 1 saturated carbocycles. The molecule has 82 valence electrons. The zero-order chi connectivity index (χ0) is 11.0. The second-order valence-corrected chi connectivity index (χ2v) is 4.42. The molecule has 1 aliphatic carbocycles. The van der Waals surface area contributed by atoms with Crippen LogP contribution in [0.4, 0.5) is 4.39 Å². The summed E-state index contributed by atoms with van der Waals surface area (Å²) in [6.07, 6.45) is 3.27. The Morgan fingerprint density at radius 3 is 2.80 bits per heavy atom. The molecule has 2 rings (SSSR count). The van der Waals surface area contributed by atoms with Crippen LogP contribution in [0.2, 0.25) is 0 Å². The maximum atomic E-state index is 13.4. The molecule has 3 N–H and O–H groups in total. The molecule has 1 aromatic carbocycles. The number of nitrogens with two attached hydrogens (primary N) is 1. The summed E-state index contributed by atoms with van der Waals surface area (Å²) in [7, 11) is 0. The minimum absolute atomic E-state index is 0.243. The highest BCUT2D eigenvalue weighted by atomic mass is 19.1. The highest BCUT2D eigenvalue weighted by molar-refractivity contribution is 5.39. The van der Waals surface area contributed by atoms with Gasteiger partial charge in [0.1, 0.15) is 0 Å². The summed E-state index contributed by atoms with van der Waals surface area (Å²) in [6.45, 7) is 1.63. The fourth-order valence-electron chi connectivity index (χ4n) is 1.82. The fraction of sp³-hybridized carbons (Fsp3) is 0.500. The summed E-state index contributed by atoms with van der Waals surface area (Å²) in [5.74, 6) is -0.148. The molecule has 0 radical (unpaired) electrons. The van der Waals surface area contributed by atoms with Crippen molar-refractivity contribution in [2.24, 2.45) is 11.7 Å². The van der Waals surface area contributed by atoms with Crippen LogP contribution < -0.4 is 5.73 Å². The monoisotopic (exact) mass is 209 g/mol. The van der Waals surface area contributed by atoms with Gasteiger partial charge in [-0.25, -0.2) is 4.39 Å². The van der Waals surface area contributed by atoms with Crippen molar-refractivity contribution < 1.29 is 9.50 Å². The van der Waals surface area contributed by atoms with Gasteiger partial charge in [0.15, 0.2) is 11.6 Å². The van der Waals surface area contributed by atoms with E-state index in [1.165, 1.54) is 12.8 Å². The minimum Gasteiger partial charge on any atom is -0.505 e. The highest BCUT2D eigenvalue weighted by Crippen LogP contribution is 2.39. The van der Waals surface area contributed by atoms with E-state index < -0.39 is 5.82 Å². The third-order valence-corrected chi connectivity index (χ3v) is 3.02. The van der Waals surface area contributed by atoms with Crippen LogP contribution in [-0.4, -0.2) is 5.11 Å². The van der Waals surface area contributed by atoms with Crippen molar-refractivity contribution in [1.29, 1.82) is 0 Å². The number of phenols is 1. The number of aryl methyl sites for hydroxylation is 1. The summed E-state index contributed by atoms with van der Waals surface area (Å²) in [6, 6.07) is 3.14. The van der Waals surface area contributed by atoms with Crippen LogP contribution in [0.5, 0.6) is 5.75 Å². The summed E-state index contributed by atoms with van der Waals surface area (Å²) >= 11 is 0. The normalized spacial score (nSPS) is 17.8. The van der Waals surface area contributed by atoms with Gasteiger partial charge in [-0.1, -0.05) is 25.0 Å². The lowest BCUT2D eigenvalue weighted by Gasteiger charge is -2.14. The number of aromatic hydroxyl groups is 1. The summed E-state index contributed by atoms with van der Waals surface area (Å²) in [5, 5.41) is 9.63. The van der Waals surface area contributed by atoms with Crippen molar-refractivity contribution in [3.63, 3.8) is 0 Å². The lowest BCUT2D eigenvalue weighted by Crippen LogP contribution is -2.11. The molecular weight excluding hydrogens is 193 g/mol. The molecule has 15 heavy (non-hydrogen) atoms. The first kappa shape index (κ1) is 10.4. The van der Waals surface area contributed by atoms with Crippen LogP contribution in [-0.2, 0) is 0 Å². The van der Waals surface area contributed by atoms with Gasteiger partial charge < -0.3 is 10.8 Å². The van der Waals surface area contributed by atoms with Crippen LogP contribution in [0, 0.1) is 18.7 Å². The summed E-state index contributed by atoms with van der Waals surface area (Å²) in [5.41, 5.74) is 6.92. The van der Waals surface area contributed by atoms with Gasteiger partial charge in [-0.2, -0.15) is 0 Å². The number of halogens is 1. The van der Waals surface area contributed by atoms with E-state index in [2.05, 4.69) is 0 Å². The van der Waals surface area contributed by atoms with Crippen molar-refractivity contribution in [2.75, 3.05) is 0 Å². The Kier molecular flexibility index (Phi) is 2.65. The van der Waals surface area contributed by atoms with E-state index in [9.17, 15) is 9.50 Å². The molecule has 1 aromatic rings. The zero-order valence-corrected chi connectivity index (χ0v) is 8.83.